The lowest BCUT2D eigenvalue weighted by atomic mass is 10.1. The highest BCUT2D eigenvalue weighted by atomic mass is 19.4. The number of anilines is 1. The number of hydrogen-bond acceptors (Lipinski definition) is 3. The number of alkyl halides is 3. The molecule has 0 saturated carbocycles. The van der Waals surface area contributed by atoms with Gasteiger partial charge in [-0.1, -0.05) is 6.07 Å². The highest BCUT2D eigenvalue weighted by molar-refractivity contribution is 5.44. The number of nitrogens with one attached hydrogen (secondary N) is 1. The van der Waals surface area contributed by atoms with Gasteiger partial charge in [0.1, 0.15) is 5.82 Å². The van der Waals surface area contributed by atoms with Crippen LogP contribution in [0.2, 0.25) is 0 Å². The number of hydrogen-bond donors (Lipinski definition) is 1. The minimum atomic E-state index is -4.60. The van der Waals surface area contributed by atoms with Crippen LogP contribution in [0.15, 0.2) is 36.5 Å². The lowest BCUT2D eigenvalue weighted by Crippen LogP contribution is -2.12. The number of halogens is 4. The van der Waals surface area contributed by atoms with E-state index in [2.05, 4.69) is 10.3 Å². The lowest BCUT2D eigenvalue weighted by Gasteiger charge is -2.14. The molecular formula is C14H12F4N2O. The molecule has 1 N–H and O–H groups in total. The number of ether oxygens (including phenoxy) is 1. The summed E-state index contributed by atoms with van der Waals surface area (Å²) < 4.78 is 56.3. The average Bonchev–Trinajstić information content (AvgIpc) is 2.45. The fraction of sp³-hybridized carbons (Fsp3) is 0.214. The maximum atomic E-state index is 13.0. The van der Waals surface area contributed by atoms with E-state index in [9.17, 15) is 17.6 Å². The Morgan fingerprint density at radius 1 is 1.19 bits per heavy atom. The van der Waals surface area contributed by atoms with Crippen molar-refractivity contribution in [2.75, 3.05) is 12.4 Å². The molecule has 1 heterocycles. The molecule has 0 bridgehead atoms. The minimum absolute atomic E-state index is 0.0419. The van der Waals surface area contributed by atoms with Crippen molar-refractivity contribution in [1.29, 1.82) is 0 Å². The lowest BCUT2D eigenvalue weighted by molar-refractivity contribution is -0.138. The van der Waals surface area contributed by atoms with Crippen molar-refractivity contribution >= 4 is 5.69 Å². The van der Waals surface area contributed by atoms with Crippen molar-refractivity contribution in [3.63, 3.8) is 0 Å². The van der Waals surface area contributed by atoms with Crippen LogP contribution in [0.4, 0.5) is 23.2 Å². The standard InChI is InChI=1S/C14H12F4N2O/c1-21-13-5-4-11(8-20-13)19-7-9-2-3-10(15)6-12(9)14(16,17)18/h2-6,8,19H,7H2,1H3. The highest BCUT2D eigenvalue weighted by Crippen LogP contribution is 2.32. The predicted octanol–water partition coefficient (Wildman–Crippen LogP) is 3.86. The van der Waals surface area contributed by atoms with Crippen LogP contribution in [-0.2, 0) is 12.7 Å². The van der Waals surface area contributed by atoms with Crippen LogP contribution in [0.5, 0.6) is 5.88 Å². The molecule has 112 valence electrons. The molecule has 0 aliphatic carbocycles. The van der Waals surface area contributed by atoms with Gasteiger partial charge in [0.15, 0.2) is 0 Å². The van der Waals surface area contributed by atoms with E-state index in [1.54, 1.807) is 12.1 Å². The number of rotatable bonds is 4. The van der Waals surface area contributed by atoms with Crippen LogP contribution in [0.25, 0.3) is 0 Å². The summed E-state index contributed by atoms with van der Waals surface area (Å²) in [6.45, 7) is -0.0941. The largest absolute Gasteiger partial charge is 0.481 e. The van der Waals surface area contributed by atoms with Crippen LogP contribution in [0.1, 0.15) is 11.1 Å². The molecule has 0 saturated heterocycles. The van der Waals surface area contributed by atoms with Crippen LogP contribution < -0.4 is 10.1 Å². The molecule has 7 heteroatoms. The van der Waals surface area contributed by atoms with Crippen LogP contribution in [0.3, 0.4) is 0 Å². The topological polar surface area (TPSA) is 34.1 Å². The zero-order valence-electron chi connectivity index (χ0n) is 11.0. The second-order valence-electron chi connectivity index (χ2n) is 4.24. The summed E-state index contributed by atoms with van der Waals surface area (Å²) >= 11 is 0. The highest BCUT2D eigenvalue weighted by Gasteiger charge is 2.33. The third kappa shape index (κ3) is 3.84. The second-order valence-corrected chi connectivity index (χ2v) is 4.24. The summed E-state index contributed by atoms with van der Waals surface area (Å²) in [5.74, 6) is -0.518. The summed E-state index contributed by atoms with van der Waals surface area (Å²) in [6.07, 6.45) is -3.16. The Bertz CT molecular complexity index is 611. The van der Waals surface area contributed by atoms with Gasteiger partial charge in [0.25, 0.3) is 0 Å². The second kappa shape index (κ2) is 5.99. The predicted molar refractivity (Wildman–Crippen MR) is 69.5 cm³/mol. The van der Waals surface area contributed by atoms with Gasteiger partial charge in [0.2, 0.25) is 5.88 Å². The van der Waals surface area contributed by atoms with E-state index < -0.39 is 17.6 Å². The molecule has 0 aliphatic heterocycles. The van der Waals surface area contributed by atoms with Crippen LogP contribution in [-0.4, -0.2) is 12.1 Å². The quantitative estimate of drug-likeness (QED) is 0.871. The molecule has 1 aromatic heterocycles. The maximum Gasteiger partial charge on any atom is 0.416 e. The maximum absolute atomic E-state index is 13.0. The summed E-state index contributed by atoms with van der Waals surface area (Å²) in [5, 5.41) is 2.80. The summed E-state index contributed by atoms with van der Waals surface area (Å²) in [7, 11) is 1.46. The summed E-state index contributed by atoms with van der Waals surface area (Å²) in [6, 6.07) is 5.81. The molecule has 0 fully saturated rings. The first-order chi connectivity index (χ1) is 9.90. The normalized spacial score (nSPS) is 11.3. The van der Waals surface area contributed by atoms with E-state index in [0.717, 1.165) is 12.1 Å². The Kier molecular flexibility index (Phi) is 4.30. The average molecular weight is 300 g/mol. The van der Waals surface area contributed by atoms with Crippen LogP contribution >= 0.6 is 0 Å². The fourth-order valence-electron chi connectivity index (χ4n) is 1.77. The molecule has 2 rings (SSSR count). The van der Waals surface area contributed by atoms with Gasteiger partial charge < -0.3 is 10.1 Å². The summed E-state index contributed by atoms with van der Waals surface area (Å²) in [5.41, 5.74) is -0.496. The van der Waals surface area contributed by atoms with E-state index in [1.807, 2.05) is 0 Å². The molecule has 0 amide bonds. The van der Waals surface area contributed by atoms with Gasteiger partial charge in [-0.05, 0) is 23.8 Å². The smallest absolute Gasteiger partial charge is 0.416 e. The Morgan fingerprint density at radius 3 is 2.52 bits per heavy atom. The van der Waals surface area contributed by atoms with Gasteiger partial charge in [-0.3, -0.25) is 0 Å². The molecule has 21 heavy (non-hydrogen) atoms. The van der Waals surface area contributed by atoms with Crippen molar-refractivity contribution < 1.29 is 22.3 Å². The molecule has 1 aromatic carbocycles. The van der Waals surface area contributed by atoms with Gasteiger partial charge in [0, 0.05) is 12.6 Å². The van der Waals surface area contributed by atoms with E-state index in [1.165, 1.54) is 13.3 Å². The molecule has 0 radical (unpaired) electrons. The van der Waals surface area contributed by atoms with E-state index in [-0.39, 0.29) is 12.1 Å². The number of pyridine rings is 1. The number of aromatic nitrogens is 1. The van der Waals surface area contributed by atoms with Crippen LogP contribution in [0, 0.1) is 5.82 Å². The zero-order valence-corrected chi connectivity index (χ0v) is 11.0. The molecule has 0 aliphatic rings. The molecule has 2 aromatic rings. The Balaban J connectivity index is 2.15. The SMILES string of the molecule is COc1ccc(NCc2ccc(F)cc2C(F)(F)F)cn1. The van der Waals surface area contributed by atoms with Gasteiger partial charge >= 0.3 is 6.18 Å². The van der Waals surface area contributed by atoms with Crippen molar-refractivity contribution in [2.24, 2.45) is 0 Å². The number of benzene rings is 1. The van der Waals surface area contributed by atoms with Crippen molar-refractivity contribution in [3.05, 3.63) is 53.5 Å². The monoisotopic (exact) mass is 300 g/mol. The first-order valence-corrected chi connectivity index (χ1v) is 5.99. The first-order valence-electron chi connectivity index (χ1n) is 5.99. The Morgan fingerprint density at radius 2 is 1.95 bits per heavy atom. The van der Waals surface area contributed by atoms with Gasteiger partial charge in [-0.25, -0.2) is 9.37 Å². The Labute approximate surface area is 118 Å². The first kappa shape index (κ1) is 15.1. The van der Waals surface area contributed by atoms with Gasteiger partial charge in [-0.2, -0.15) is 13.2 Å². The van der Waals surface area contributed by atoms with Crippen molar-refractivity contribution in [3.8, 4) is 5.88 Å². The van der Waals surface area contributed by atoms with Gasteiger partial charge in [0.05, 0.1) is 24.6 Å². The van der Waals surface area contributed by atoms with E-state index in [0.29, 0.717) is 17.6 Å². The van der Waals surface area contributed by atoms with E-state index >= 15 is 0 Å². The molecule has 0 unspecified atom stereocenters. The molecule has 0 atom stereocenters. The zero-order chi connectivity index (χ0) is 15.5. The minimum Gasteiger partial charge on any atom is -0.481 e. The fourth-order valence-corrected chi connectivity index (χ4v) is 1.77. The third-order valence-electron chi connectivity index (χ3n) is 2.81. The molecule has 3 nitrogen and oxygen atoms in total. The van der Waals surface area contributed by atoms with Crippen molar-refractivity contribution in [1.82, 2.24) is 4.98 Å². The number of nitrogens with zero attached hydrogens (tertiary/aromatic N) is 1. The molecular weight excluding hydrogens is 288 g/mol. The van der Waals surface area contributed by atoms with Gasteiger partial charge in [-0.15, -0.1) is 0 Å². The Hall–Kier alpha value is -2.31. The van der Waals surface area contributed by atoms with E-state index in [4.69, 9.17) is 4.74 Å². The third-order valence-corrected chi connectivity index (χ3v) is 2.81. The van der Waals surface area contributed by atoms with Crippen molar-refractivity contribution in [2.45, 2.75) is 12.7 Å². The molecule has 0 spiro atoms. The number of methoxy groups -OCH3 is 1. The summed E-state index contributed by atoms with van der Waals surface area (Å²) in [4.78, 5) is 3.93.